The minimum atomic E-state index is -0.657. The number of hydrogen-bond donors (Lipinski definition) is 0. The average molecular weight is 312 g/mol. The van der Waals surface area contributed by atoms with Crippen molar-refractivity contribution in [1.29, 1.82) is 5.26 Å². The molecule has 22 heavy (non-hydrogen) atoms. The Balaban J connectivity index is 2.13. The number of imide groups is 1. The molecule has 0 fully saturated rings. The number of carbonyl (C=O) groups is 3. The van der Waals surface area contributed by atoms with E-state index in [2.05, 4.69) is 4.74 Å². The molecule has 1 aromatic heterocycles. The highest BCUT2D eigenvalue weighted by Crippen LogP contribution is 2.39. The Morgan fingerprint density at radius 2 is 1.82 bits per heavy atom. The number of carbonyl (C=O) groups excluding carboxylic acids is 3. The minimum Gasteiger partial charge on any atom is -0.465 e. The molecule has 0 N–H and O–H groups in total. The van der Waals surface area contributed by atoms with E-state index in [-0.39, 0.29) is 24.7 Å². The van der Waals surface area contributed by atoms with Crippen LogP contribution in [-0.2, 0) is 4.74 Å². The fraction of sp³-hybridized carbons (Fsp3) is 0.0667. The summed E-state index contributed by atoms with van der Waals surface area (Å²) in [7, 11) is 1.08. The molecule has 1 unspecified atom stereocenters. The van der Waals surface area contributed by atoms with Crippen LogP contribution in [0.1, 0.15) is 36.6 Å². The van der Waals surface area contributed by atoms with Gasteiger partial charge in [-0.15, -0.1) is 8.19 Å². The first-order chi connectivity index (χ1) is 10.6. The Bertz CT molecular complexity index is 828. The lowest BCUT2D eigenvalue weighted by molar-refractivity contribution is 0.0600. The molecule has 1 atom stereocenters. The lowest BCUT2D eigenvalue weighted by Crippen LogP contribution is -2.29. The highest BCUT2D eigenvalue weighted by atomic mass is 31.0. The van der Waals surface area contributed by atoms with Crippen molar-refractivity contribution >= 4 is 31.4 Å². The van der Waals surface area contributed by atoms with Crippen LogP contribution in [0.5, 0.6) is 0 Å². The zero-order valence-corrected chi connectivity index (χ0v) is 12.4. The molecule has 108 valence electrons. The average Bonchev–Trinajstić information content (AvgIpc) is 3.07. The molecule has 1 aromatic carbocycles. The number of rotatable bonds is 2. The van der Waals surface area contributed by atoms with Gasteiger partial charge in [0.05, 0.1) is 34.8 Å². The molecule has 6 nitrogen and oxygen atoms in total. The van der Waals surface area contributed by atoms with Crippen LogP contribution in [0.4, 0.5) is 5.42 Å². The fourth-order valence-electron chi connectivity index (χ4n) is 2.37. The van der Waals surface area contributed by atoms with Gasteiger partial charge >= 0.3 is 5.97 Å². The van der Waals surface area contributed by atoms with E-state index in [1.165, 1.54) is 12.9 Å². The third-order valence-electron chi connectivity index (χ3n) is 3.39. The lowest BCUT2D eigenvalue weighted by Gasteiger charge is -2.12. The molecular weight excluding hydrogens is 303 g/mol. The van der Waals surface area contributed by atoms with Crippen LogP contribution in [0.3, 0.4) is 0 Å². The summed E-state index contributed by atoms with van der Waals surface area (Å²) in [6.07, 6.45) is 0. The number of methoxy groups -OCH3 is 1. The number of benzene rings is 1. The zero-order valence-electron chi connectivity index (χ0n) is 11.4. The van der Waals surface area contributed by atoms with Gasteiger partial charge in [0.15, 0.2) is 0 Å². The van der Waals surface area contributed by atoms with Crippen molar-refractivity contribution in [3.05, 3.63) is 52.3 Å². The monoisotopic (exact) mass is 312 g/mol. The Morgan fingerprint density at radius 3 is 2.32 bits per heavy atom. The van der Waals surface area contributed by atoms with Crippen LogP contribution in [0, 0.1) is 11.3 Å². The van der Waals surface area contributed by atoms with Crippen LogP contribution < -0.4 is 4.90 Å². The van der Waals surface area contributed by atoms with Crippen LogP contribution >= 0.6 is 8.19 Å². The Morgan fingerprint density at radius 1 is 1.23 bits per heavy atom. The molecule has 0 aliphatic carbocycles. The molecule has 2 aromatic rings. The van der Waals surface area contributed by atoms with Gasteiger partial charge in [0, 0.05) is 0 Å². The quantitative estimate of drug-likeness (QED) is 0.626. The largest absolute Gasteiger partial charge is 0.465 e. The second-order valence-electron chi connectivity index (χ2n) is 4.52. The highest BCUT2D eigenvalue weighted by Gasteiger charge is 2.38. The third-order valence-corrected chi connectivity index (χ3v) is 4.57. The van der Waals surface area contributed by atoms with Gasteiger partial charge in [0.2, 0.25) is 0 Å². The molecule has 0 saturated carbocycles. The van der Waals surface area contributed by atoms with E-state index < -0.39 is 17.8 Å². The Hall–Kier alpha value is -2.90. The van der Waals surface area contributed by atoms with E-state index in [0.717, 1.165) is 4.90 Å². The number of anilines is 1. The van der Waals surface area contributed by atoms with Crippen molar-refractivity contribution in [2.24, 2.45) is 0 Å². The predicted octanol–water partition coefficient (Wildman–Crippen LogP) is 2.18. The van der Waals surface area contributed by atoms with Crippen molar-refractivity contribution in [3.63, 3.8) is 0 Å². The number of ether oxygens (including phenoxy) is 1. The lowest BCUT2D eigenvalue weighted by atomic mass is 10.1. The summed E-state index contributed by atoms with van der Waals surface area (Å²) in [5.41, 5.74) is 0.950. The summed E-state index contributed by atoms with van der Waals surface area (Å²) in [6, 6.07) is 8.36. The van der Waals surface area contributed by atoms with Gasteiger partial charge < -0.3 is 4.74 Å². The molecule has 1 aliphatic heterocycles. The molecule has 0 bridgehead atoms. The van der Waals surface area contributed by atoms with Crippen LogP contribution in [0.2, 0.25) is 0 Å². The topological polar surface area (TPSA) is 87.5 Å². The second-order valence-corrected chi connectivity index (χ2v) is 5.57. The van der Waals surface area contributed by atoms with Crippen molar-refractivity contribution in [1.82, 2.24) is 0 Å². The molecule has 2 amide bonds. The van der Waals surface area contributed by atoms with Gasteiger partial charge in [0.25, 0.3) is 11.8 Å². The molecule has 0 radical (unpaired) electrons. The fourth-order valence-corrected chi connectivity index (χ4v) is 3.58. The summed E-state index contributed by atoms with van der Waals surface area (Å²) < 4.78 is 4.62. The predicted molar refractivity (Wildman–Crippen MR) is 79.6 cm³/mol. The van der Waals surface area contributed by atoms with Crippen molar-refractivity contribution in [2.45, 2.75) is 0 Å². The molecule has 1 aliphatic rings. The summed E-state index contributed by atoms with van der Waals surface area (Å²) in [6.45, 7) is 0. The van der Waals surface area contributed by atoms with Crippen LogP contribution in [0.15, 0.2) is 30.1 Å². The van der Waals surface area contributed by atoms with Crippen LogP contribution in [0.25, 0.3) is 0 Å². The molecule has 2 heterocycles. The number of nitrogens with zero attached hydrogens (tertiary/aromatic N) is 2. The Labute approximate surface area is 127 Å². The van der Waals surface area contributed by atoms with Crippen molar-refractivity contribution in [3.8, 4) is 6.07 Å². The SMILES string of the molecule is COC(=O)c1c[pH]c(N2C(=O)c3ccccc3C2=O)c1C#N. The molecule has 3 rings (SSSR count). The first kappa shape index (κ1) is 14.1. The van der Waals surface area contributed by atoms with E-state index in [0.29, 0.717) is 11.1 Å². The second kappa shape index (κ2) is 5.14. The van der Waals surface area contributed by atoms with Crippen molar-refractivity contribution in [2.75, 3.05) is 12.0 Å². The van der Waals surface area contributed by atoms with E-state index >= 15 is 0 Å². The normalized spacial score (nSPS) is 13.4. The Kier molecular flexibility index (Phi) is 3.28. The molecule has 7 heteroatoms. The summed E-state index contributed by atoms with van der Waals surface area (Å²) in [5, 5.41) is 9.30. The number of amides is 2. The van der Waals surface area contributed by atoms with E-state index in [9.17, 15) is 19.6 Å². The number of esters is 1. The highest BCUT2D eigenvalue weighted by molar-refractivity contribution is 7.34. The van der Waals surface area contributed by atoms with E-state index in [4.69, 9.17) is 0 Å². The smallest absolute Gasteiger partial charge is 0.339 e. The first-order valence-corrected chi connectivity index (χ1v) is 7.35. The summed E-state index contributed by atoms with van der Waals surface area (Å²) in [4.78, 5) is 37.5. The minimum absolute atomic E-state index is 0.0136. The molecule has 0 spiro atoms. The molecule has 0 saturated heterocycles. The van der Waals surface area contributed by atoms with Gasteiger partial charge in [-0.1, -0.05) is 12.1 Å². The first-order valence-electron chi connectivity index (χ1n) is 6.27. The third kappa shape index (κ3) is 1.84. The van der Waals surface area contributed by atoms with E-state index in [1.807, 2.05) is 6.07 Å². The molecular formula is C15H9N2O4P. The maximum atomic E-state index is 12.4. The summed E-state index contributed by atoms with van der Waals surface area (Å²) in [5.74, 6) is -0.0927. The van der Waals surface area contributed by atoms with Gasteiger partial charge in [-0.25, -0.2) is 9.69 Å². The standard InChI is InChI=1S/C15H9N2O4P/c1-21-15(20)11-7-22-14(10(11)6-16)17-12(18)8-4-2-3-5-9(8)13(17)19/h2-5,7,22H,1H3. The maximum absolute atomic E-state index is 12.4. The van der Waals surface area contributed by atoms with Crippen LogP contribution in [-0.4, -0.2) is 24.9 Å². The van der Waals surface area contributed by atoms with Gasteiger partial charge in [-0.3, -0.25) is 9.59 Å². The number of hydrogen-bond acceptors (Lipinski definition) is 5. The number of fused-ring (bicyclic) bond motifs is 1. The van der Waals surface area contributed by atoms with Gasteiger partial charge in [0.1, 0.15) is 6.07 Å². The summed E-state index contributed by atoms with van der Waals surface area (Å²) >= 11 is 0. The van der Waals surface area contributed by atoms with Crippen molar-refractivity contribution < 1.29 is 19.1 Å². The number of nitriles is 1. The zero-order chi connectivity index (χ0) is 15.9. The van der Waals surface area contributed by atoms with E-state index in [1.54, 1.807) is 24.3 Å². The maximum Gasteiger partial charge on any atom is 0.339 e. The van der Waals surface area contributed by atoms with Gasteiger partial charge in [-0.2, -0.15) is 5.26 Å². The van der Waals surface area contributed by atoms with Gasteiger partial charge in [-0.05, 0) is 17.9 Å².